The summed E-state index contributed by atoms with van der Waals surface area (Å²) in [5.74, 6) is -1.32. The van der Waals surface area contributed by atoms with Gasteiger partial charge in [-0.15, -0.1) is 0 Å². The third kappa shape index (κ3) is 4.80. The summed E-state index contributed by atoms with van der Waals surface area (Å²) in [6, 6.07) is 3.62. The first-order valence-corrected chi connectivity index (χ1v) is 7.60. The van der Waals surface area contributed by atoms with E-state index in [9.17, 15) is 23.3 Å². The van der Waals surface area contributed by atoms with E-state index in [0.717, 1.165) is 24.3 Å². The maximum atomic E-state index is 12.1. The predicted octanol–water partition coefficient (Wildman–Crippen LogP) is 1.37. The molecule has 0 aliphatic heterocycles. The van der Waals surface area contributed by atoms with Crippen molar-refractivity contribution in [2.45, 2.75) is 31.2 Å². The second-order valence-electron chi connectivity index (χ2n) is 4.82. The smallest absolute Gasteiger partial charge is 0.304 e. The number of carbonyl (C=O) groups is 1. The van der Waals surface area contributed by atoms with Gasteiger partial charge < -0.3 is 5.11 Å². The van der Waals surface area contributed by atoms with Gasteiger partial charge in [0.05, 0.1) is 16.2 Å². The second kappa shape index (κ2) is 6.64. The monoisotopic (exact) mass is 316 g/mol. The van der Waals surface area contributed by atoms with Crippen molar-refractivity contribution in [3.05, 3.63) is 34.4 Å². The standard InChI is InChI=1S/C12H16N2O6S/c1-8(2)11(7-12(15)16)13-21(19,20)10-5-3-9(4-6-10)14(17)18/h3-6,8,11,13H,7H2,1-2H3,(H,15,16)/t11-/m1/s1. The number of sulfonamides is 1. The van der Waals surface area contributed by atoms with Crippen LogP contribution in [0.1, 0.15) is 20.3 Å². The number of nitro groups is 1. The van der Waals surface area contributed by atoms with Gasteiger partial charge in [-0.2, -0.15) is 0 Å². The fraction of sp³-hybridized carbons (Fsp3) is 0.417. The summed E-state index contributed by atoms with van der Waals surface area (Å²) in [4.78, 5) is 20.5. The molecule has 8 nitrogen and oxygen atoms in total. The van der Waals surface area contributed by atoms with E-state index in [1.54, 1.807) is 13.8 Å². The van der Waals surface area contributed by atoms with E-state index in [0.29, 0.717) is 0 Å². The van der Waals surface area contributed by atoms with Gasteiger partial charge in [-0.3, -0.25) is 14.9 Å². The average molecular weight is 316 g/mol. The summed E-state index contributed by atoms with van der Waals surface area (Å²) in [5, 5.41) is 19.3. The molecule has 0 fully saturated rings. The van der Waals surface area contributed by atoms with Crippen LogP contribution >= 0.6 is 0 Å². The fourth-order valence-corrected chi connectivity index (χ4v) is 3.00. The predicted molar refractivity (Wildman–Crippen MR) is 74.3 cm³/mol. The summed E-state index contributed by atoms with van der Waals surface area (Å²) in [5.41, 5.74) is -0.222. The molecule has 0 spiro atoms. The van der Waals surface area contributed by atoms with Crippen molar-refractivity contribution in [2.75, 3.05) is 0 Å². The molecule has 116 valence electrons. The molecule has 0 aromatic heterocycles. The Morgan fingerprint density at radius 1 is 1.33 bits per heavy atom. The normalized spacial score (nSPS) is 13.1. The highest BCUT2D eigenvalue weighted by atomic mass is 32.2. The van der Waals surface area contributed by atoms with Gasteiger partial charge in [0.25, 0.3) is 5.69 Å². The Hall–Kier alpha value is -2.00. The molecule has 0 aliphatic rings. The summed E-state index contributed by atoms with van der Waals surface area (Å²) >= 11 is 0. The van der Waals surface area contributed by atoms with Gasteiger partial charge in [0.1, 0.15) is 0 Å². The summed E-state index contributed by atoms with van der Waals surface area (Å²) in [7, 11) is -3.93. The number of rotatable bonds is 7. The van der Waals surface area contributed by atoms with Crippen molar-refractivity contribution < 1.29 is 23.2 Å². The summed E-state index contributed by atoms with van der Waals surface area (Å²) in [6.07, 6.45) is -0.343. The highest BCUT2D eigenvalue weighted by molar-refractivity contribution is 7.89. The highest BCUT2D eigenvalue weighted by Crippen LogP contribution is 2.17. The summed E-state index contributed by atoms with van der Waals surface area (Å²) < 4.78 is 26.6. The van der Waals surface area contributed by atoms with Gasteiger partial charge in [-0.05, 0) is 18.1 Å². The Bertz CT molecular complexity index is 624. The van der Waals surface area contributed by atoms with Crippen molar-refractivity contribution in [1.82, 2.24) is 4.72 Å². The Labute approximate surface area is 122 Å². The van der Waals surface area contributed by atoms with Crippen LogP contribution in [0.2, 0.25) is 0 Å². The number of nitro benzene ring substituents is 1. The van der Waals surface area contributed by atoms with Gasteiger partial charge in [0.15, 0.2) is 0 Å². The number of nitrogens with zero attached hydrogens (tertiary/aromatic N) is 1. The minimum atomic E-state index is -3.93. The number of non-ortho nitro benzene ring substituents is 1. The van der Waals surface area contributed by atoms with E-state index in [1.807, 2.05) is 0 Å². The van der Waals surface area contributed by atoms with Crippen LogP contribution < -0.4 is 4.72 Å². The molecule has 2 N–H and O–H groups in total. The first kappa shape index (κ1) is 17.1. The Morgan fingerprint density at radius 3 is 2.24 bits per heavy atom. The maximum Gasteiger partial charge on any atom is 0.304 e. The minimum absolute atomic E-state index is 0.149. The van der Waals surface area contributed by atoms with Crippen LogP contribution in [0.25, 0.3) is 0 Å². The maximum absolute atomic E-state index is 12.1. The topological polar surface area (TPSA) is 127 Å². The SMILES string of the molecule is CC(C)[C@@H](CC(=O)O)NS(=O)(=O)c1ccc([N+](=O)[O-])cc1. The lowest BCUT2D eigenvalue weighted by molar-refractivity contribution is -0.384. The number of nitrogens with one attached hydrogen (secondary N) is 1. The molecule has 9 heteroatoms. The zero-order valence-corrected chi connectivity index (χ0v) is 12.3. The number of carboxylic acid groups (broad SMARTS) is 1. The lowest BCUT2D eigenvalue weighted by atomic mass is 10.0. The fourth-order valence-electron chi connectivity index (χ4n) is 1.62. The summed E-state index contributed by atoms with van der Waals surface area (Å²) in [6.45, 7) is 3.40. The molecule has 1 atom stereocenters. The van der Waals surface area contributed by atoms with Crippen LogP contribution in [0.15, 0.2) is 29.2 Å². The molecule has 0 heterocycles. The van der Waals surface area contributed by atoms with Crippen molar-refractivity contribution in [3.63, 3.8) is 0 Å². The van der Waals surface area contributed by atoms with Crippen LogP contribution in [-0.2, 0) is 14.8 Å². The number of aliphatic carboxylic acids is 1. The molecule has 1 rings (SSSR count). The van der Waals surface area contributed by atoms with Crippen LogP contribution in [0.4, 0.5) is 5.69 Å². The average Bonchev–Trinajstić information content (AvgIpc) is 2.37. The van der Waals surface area contributed by atoms with Crippen LogP contribution in [0, 0.1) is 16.0 Å². The number of hydrogen-bond donors (Lipinski definition) is 2. The van der Waals surface area contributed by atoms with E-state index < -0.39 is 27.0 Å². The van der Waals surface area contributed by atoms with E-state index in [2.05, 4.69) is 4.72 Å². The largest absolute Gasteiger partial charge is 0.481 e. The van der Waals surface area contributed by atoms with Gasteiger partial charge in [0, 0.05) is 18.2 Å². The van der Waals surface area contributed by atoms with Crippen molar-refractivity contribution in [3.8, 4) is 0 Å². The zero-order valence-electron chi connectivity index (χ0n) is 11.5. The van der Waals surface area contributed by atoms with Crippen molar-refractivity contribution >= 4 is 21.7 Å². The number of benzene rings is 1. The second-order valence-corrected chi connectivity index (χ2v) is 6.53. The first-order chi connectivity index (χ1) is 9.63. The van der Waals surface area contributed by atoms with Gasteiger partial charge in [-0.25, -0.2) is 13.1 Å². The molecule has 0 unspecified atom stereocenters. The Kier molecular flexibility index (Phi) is 5.39. The van der Waals surface area contributed by atoms with Crippen molar-refractivity contribution in [1.29, 1.82) is 0 Å². The molecule has 21 heavy (non-hydrogen) atoms. The van der Waals surface area contributed by atoms with E-state index >= 15 is 0 Å². The third-order valence-electron chi connectivity index (χ3n) is 2.86. The van der Waals surface area contributed by atoms with Gasteiger partial charge in [-0.1, -0.05) is 13.8 Å². The Morgan fingerprint density at radius 2 is 1.86 bits per heavy atom. The lowest BCUT2D eigenvalue weighted by Crippen LogP contribution is -2.40. The quantitative estimate of drug-likeness (QED) is 0.578. The third-order valence-corrected chi connectivity index (χ3v) is 4.37. The molecule has 0 aliphatic carbocycles. The molecular weight excluding hydrogens is 300 g/mol. The van der Waals surface area contributed by atoms with Crippen LogP contribution in [0.5, 0.6) is 0 Å². The van der Waals surface area contributed by atoms with Crippen LogP contribution in [-0.4, -0.2) is 30.5 Å². The lowest BCUT2D eigenvalue weighted by Gasteiger charge is -2.20. The molecule has 0 saturated carbocycles. The molecular formula is C12H16N2O6S. The molecule has 0 radical (unpaired) electrons. The minimum Gasteiger partial charge on any atom is -0.481 e. The van der Waals surface area contributed by atoms with Gasteiger partial charge >= 0.3 is 5.97 Å². The van der Waals surface area contributed by atoms with Crippen molar-refractivity contribution in [2.24, 2.45) is 5.92 Å². The highest BCUT2D eigenvalue weighted by Gasteiger charge is 2.24. The van der Waals surface area contributed by atoms with E-state index in [-0.39, 0.29) is 22.9 Å². The zero-order chi connectivity index (χ0) is 16.2. The molecule has 0 amide bonds. The molecule has 0 bridgehead atoms. The van der Waals surface area contributed by atoms with Gasteiger partial charge in [0.2, 0.25) is 10.0 Å². The molecule has 1 aromatic rings. The number of carboxylic acids is 1. The Balaban J connectivity index is 2.98. The first-order valence-electron chi connectivity index (χ1n) is 6.12. The van der Waals surface area contributed by atoms with E-state index in [1.165, 1.54) is 0 Å². The van der Waals surface area contributed by atoms with E-state index in [4.69, 9.17) is 5.11 Å². The number of hydrogen-bond acceptors (Lipinski definition) is 5. The van der Waals surface area contributed by atoms with Crippen LogP contribution in [0.3, 0.4) is 0 Å². The molecule has 0 saturated heterocycles. The molecule has 1 aromatic carbocycles.